The van der Waals surface area contributed by atoms with Gasteiger partial charge in [0, 0.05) is 12.8 Å². The van der Waals surface area contributed by atoms with Crippen LogP contribution in [0.4, 0.5) is 0 Å². The molecular formula is C29H48N2. The van der Waals surface area contributed by atoms with E-state index in [4.69, 9.17) is 0 Å². The minimum Gasteiger partial charge on any atom is -0.198 e. The van der Waals surface area contributed by atoms with Crippen molar-refractivity contribution in [3.8, 4) is 12.1 Å². The minimum absolute atomic E-state index is 0.262. The van der Waals surface area contributed by atoms with Gasteiger partial charge >= 0.3 is 0 Å². The van der Waals surface area contributed by atoms with Crippen molar-refractivity contribution in [3.05, 3.63) is 0 Å². The zero-order valence-electron chi connectivity index (χ0n) is 21.1. The zero-order chi connectivity index (χ0) is 22.6. The van der Waals surface area contributed by atoms with Crippen LogP contribution in [0.1, 0.15) is 118 Å². The van der Waals surface area contributed by atoms with E-state index in [1.54, 1.807) is 0 Å². The third-order valence-corrected chi connectivity index (χ3v) is 10.6. The fourth-order valence-corrected chi connectivity index (χ4v) is 8.99. The Morgan fingerprint density at radius 2 is 1.61 bits per heavy atom. The summed E-state index contributed by atoms with van der Waals surface area (Å²) in [6.45, 7) is 12.4. The Morgan fingerprint density at radius 3 is 2.29 bits per heavy atom. The zero-order valence-corrected chi connectivity index (χ0v) is 21.1. The van der Waals surface area contributed by atoms with Gasteiger partial charge in [-0.25, -0.2) is 0 Å². The van der Waals surface area contributed by atoms with Crippen molar-refractivity contribution in [2.45, 2.75) is 118 Å². The monoisotopic (exact) mass is 424 g/mol. The van der Waals surface area contributed by atoms with E-state index in [1.807, 2.05) is 0 Å². The first-order chi connectivity index (χ1) is 14.8. The highest BCUT2D eigenvalue weighted by molar-refractivity contribution is 5.09. The van der Waals surface area contributed by atoms with Crippen LogP contribution >= 0.6 is 0 Å². The van der Waals surface area contributed by atoms with E-state index in [2.05, 4.69) is 46.8 Å². The third-order valence-electron chi connectivity index (χ3n) is 10.6. The molecular weight excluding hydrogens is 376 g/mol. The first-order valence-corrected chi connectivity index (χ1v) is 13.5. The van der Waals surface area contributed by atoms with Crippen molar-refractivity contribution in [1.29, 1.82) is 10.5 Å². The predicted molar refractivity (Wildman–Crippen MR) is 129 cm³/mol. The van der Waals surface area contributed by atoms with E-state index < -0.39 is 0 Å². The quantitative estimate of drug-likeness (QED) is 0.372. The second kappa shape index (κ2) is 10.3. The van der Waals surface area contributed by atoms with E-state index >= 15 is 0 Å². The summed E-state index contributed by atoms with van der Waals surface area (Å²) in [7, 11) is 0. The lowest BCUT2D eigenvalue weighted by molar-refractivity contribution is -0.104. The van der Waals surface area contributed by atoms with Crippen molar-refractivity contribution in [3.63, 3.8) is 0 Å². The molecule has 0 spiro atoms. The van der Waals surface area contributed by atoms with Crippen molar-refractivity contribution >= 4 is 0 Å². The Morgan fingerprint density at radius 1 is 0.871 bits per heavy atom. The van der Waals surface area contributed by atoms with E-state index in [0.29, 0.717) is 24.2 Å². The molecule has 2 heteroatoms. The average molecular weight is 425 g/mol. The number of nitriles is 2. The van der Waals surface area contributed by atoms with Gasteiger partial charge in [-0.3, -0.25) is 0 Å². The molecule has 0 saturated heterocycles. The highest BCUT2D eigenvalue weighted by Crippen LogP contribution is 2.67. The van der Waals surface area contributed by atoms with E-state index in [9.17, 15) is 10.5 Å². The van der Waals surface area contributed by atoms with Gasteiger partial charge in [0.2, 0.25) is 0 Å². The Kier molecular flexibility index (Phi) is 8.16. The molecule has 0 aromatic heterocycles. The molecule has 8 atom stereocenters. The largest absolute Gasteiger partial charge is 0.198 e. The maximum Gasteiger partial charge on any atom is 0.0621 e. The second-order valence-corrected chi connectivity index (χ2v) is 12.5. The SMILES string of the molecule is CC(C)CCC[C@@H](C)[C@@H]1CC[C@@H]2[C@@H]3CC[C@@H](CCC#N)[C@](C)(CCC#N)[C@@H]3CC[C@@]21C. The molecule has 0 aliphatic heterocycles. The molecule has 3 saturated carbocycles. The topological polar surface area (TPSA) is 47.6 Å². The fourth-order valence-electron chi connectivity index (χ4n) is 8.99. The summed E-state index contributed by atoms with van der Waals surface area (Å²) in [5.41, 5.74) is 0.797. The van der Waals surface area contributed by atoms with Crippen LogP contribution in [0.2, 0.25) is 0 Å². The maximum atomic E-state index is 9.36. The van der Waals surface area contributed by atoms with Gasteiger partial charge in [0.05, 0.1) is 12.1 Å². The van der Waals surface area contributed by atoms with Crippen LogP contribution in [-0.4, -0.2) is 0 Å². The highest BCUT2D eigenvalue weighted by Gasteiger charge is 2.59. The maximum absolute atomic E-state index is 9.36. The number of nitrogens with zero attached hydrogens (tertiary/aromatic N) is 2. The van der Waals surface area contributed by atoms with Crippen LogP contribution in [0.5, 0.6) is 0 Å². The third kappa shape index (κ3) is 4.85. The van der Waals surface area contributed by atoms with Gasteiger partial charge in [-0.2, -0.15) is 10.5 Å². The summed E-state index contributed by atoms with van der Waals surface area (Å²) in [6.07, 6.45) is 15.9. The van der Waals surface area contributed by atoms with Crippen LogP contribution in [0.3, 0.4) is 0 Å². The van der Waals surface area contributed by atoms with Crippen molar-refractivity contribution < 1.29 is 0 Å². The molecule has 0 bridgehead atoms. The van der Waals surface area contributed by atoms with E-state index in [0.717, 1.165) is 48.3 Å². The standard InChI is InChI=1S/C29H48N2/c1-21(2)9-6-10-22(3)25-14-15-26-24-13-12-23(11-7-19-30)28(4,17-8-20-31)27(24)16-18-29(25,26)5/h21-27H,6-18H2,1-5H3/t22-,23-,24+,25+,26-,27-,28+,29-/m1/s1. The highest BCUT2D eigenvalue weighted by atomic mass is 14.6. The average Bonchev–Trinajstić information content (AvgIpc) is 3.09. The van der Waals surface area contributed by atoms with E-state index in [1.165, 1.54) is 57.8 Å². The molecule has 3 fully saturated rings. The Hall–Kier alpha value is -1.02. The van der Waals surface area contributed by atoms with Crippen LogP contribution in [0.25, 0.3) is 0 Å². The summed E-state index contributed by atoms with van der Waals surface area (Å²) < 4.78 is 0. The van der Waals surface area contributed by atoms with Gasteiger partial charge < -0.3 is 0 Å². The molecule has 3 aliphatic rings. The molecule has 0 unspecified atom stereocenters. The first kappa shape index (κ1) is 24.6. The molecule has 174 valence electrons. The molecule has 0 heterocycles. The number of hydrogen-bond acceptors (Lipinski definition) is 2. The van der Waals surface area contributed by atoms with Gasteiger partial charge in [0.25, 0.3) is 0 Å². The normalized spacial score (nSPS) is 40.6. The number of rotatable bonds is 9. The molecule has 3 aliphatic carbocycles. The first-order valence-electron chi connectivity index (χ1n) is 13.5. The Balaban J connectivity index is 1.75. The number of hydrogen-bond donors (Lipinski definition) is 0. The van der Waals surface area contributed by atoms with Crippen molar-refractivity contribution in [1.82, 2.24) is 0 Å². The van der Waals surface area contributed by atoms with Gasteiger partial charge in [0.15, 0.2) is 0 Å². The summed E-state index contributed by atoms with van der Waals surface area (Å²) in [6, 6.07) is 4.85. The van der Waals surface area contributed by atoms with Gasteiger partial charge in [-0.15, -0.1) is 0 Å². The van der Waals surface area contributed by atoms with Gasteiger partial charge in [-0.05, 0) is 104 Å². The summed E-state index contributed by atoms with van der Waals surface area (Å²) in [5.74, 6) is 5.76. The lowest BCUT2D eigenvalue weighted by Crippen LogP contribution is -2.52. The Labute approximate surface area is 193 Å². The summed E-state index contributed by atoms with van der Waals surface area (Å²) >= 11 is 0. The molecule has 0 aromatic carbocycles. The molecule has 2 nitrogen and oxygen atoms in total. The number of fused-ring (bicyclic) bond motifs is 3. The van der Waals surface area contributed by atoms with Crippen molar-refractivity contribution in [2.24, 2.45) is 52.3 Å². The second-order valence-electron chi connectivity index (χ2n) is 12.5. The van der Waals surface area contributed by atoms with Gasteiger partial charge in [0.1, 0.15) is 0 Å². The molecule has 3 rings (SSSR count). The summed E-state index contributed by atoms with van der Waals surface area (Å²) in [4.78, 5) is 0. The smallest absolute Gasteiger partial charge is 0.0621 e. The van der Waals surface area contributed by atoms with Crippen LogP contribution in [0, 0.1) is 74.9 Å². The molecule has 0 N–H and O–H groups in total. The molecule has 0 aromatic rings. The Bertz CT molecular complexity index is 669. The lowest BCUT2D eigenvalue weighted by atomic mass is 9.45. The molecule has 31 heavy (non-hydrogen) atoms. The van der Waals surface area contributed by atoms with E-state index in [-0.39, 0.29) is 5.41 Å². The summed E-state index contributed by atoms with van der Waals surface area (Å²) in [5, 5.41) is 18.6. The fraction of sp³-hybridized carbons (Fsp3) is 0.931. The molecule has 0 radical (unpaired) electrons. The van der Waals surface area contributed by atoms with Crippen LogP contribution in [0.15, 0.2) is 0 Å². The molecule has 0 amide bonds. The van der Waals surface area contributed by atoms with Gasteiger partial charge in [-0.1, -0.05) is 53.9 Å². The predicted octanol–water partition coefficient (Wildman–Crippen LogP) is 8.53. The van der Waals surface area contributed by atoms with Crippen LogP contribution < -0.4 is 0 Å². The van der Waals surface area contributed by atoms with Crippen LogP contribution in [-0.2, 0) is 0 Å². The minimum atomic E-state index is 0.262. The lowest BCUT2D eigenvalue weighted by Gasteiger charge is -2.59. The van der Waals surface area contributed by atoms with Crippen molar-refractivity contribution in [2.75, 3.05) is 0 Å².